The molecule has 2 aromatic carbocycles. The van der Waals surface area contributed by atoms with Crippen molar-refractivity contribution >= 4 is 28.9 Å². The minimum Gasteiger partial charge on any atom is -0.491 e. The smallest absolute Gasteiger partial charge is 0.271 e. The highest BCUT2D eigenvalue weighted by atomic mass is 16.5. The van der Waals surface area contributed by atoms with Gasteiger partial charge in [-0.25, -0.2) is 5.01 Å². The number of carbonyl (C=O) groups is 2. The molecule has 0 unspecified atom stereocenters. The first kappa shape index (κ1) is 17.7. The lowest BCUT2D eigenvalue weighted by atomic mass is 10.1. The van der Waals surface area contributed by atoms with Crippen LogP contribution in [0.25, 0.3) is 0 Å². The molecule has 0 atom stereocenters. The molecule has 0 saturated heterocycles. The first-order chi connectivity index (χ1) is 12.7. The minimum atomic E-state index is -0.328. The third-order valence-corrected chi connectivity index (χ3v) is 3.89. The molecule has 2 amide bonds. The number of nitrogens with zero attached hydrogens (tertiary/aromatic N) is 2. The van der Waals surface area contributed by atoms with E-state index in [0.717, 1.165) is 6.42 Å². The van der Waals surface area contributed by atoms with Gasteiger partial charge in [-0.2, -0.15) is 5.10 Å². The Balaban J connectivity index is 1.79. The number of anilines is 2. The van der Waals surface area contributed by atoms with Crippen LogP contribution >= 0.6 is 0 Å². The number of hydrazone groups is 1. The Labute approximate surface area is 152 Å². The number of carbonyl (C=O) groups excluding carboxylic acids is 2. The zero-order chi connectivity index (χ0) is 18.4. The fraction of sp³-hybridized carbons (Fsp3) is 0.250. The van der Waals surface area contributed by atoms with Crippen LogP contribution in [0.4, 0.5) is 11.4 Å². The number of nitrogens with one attached hydrogen (secondary N) is 1. The van der Waals surface area contributed by atoms with E-state index < -0.39 is 0 Å². The lowest BCUT2D eigenvalue weighted by molar-refractivity contribution is -0.118. The van der Waals surface area contributed by atoms with Gasteiger partial charge in [0.2, 0.25) is 5.91 Å². The van der Waals surface area contributed by atoms with Crippen molar-refractivity contribution in [2.75, 3.05) is 16.9 Å². The van der Waals surface area contributed by atoms with Gasteiger partial charge >= 0.3 is 0 Å². The fourth-order valence-electron chi connectivity index (χ4n) is 2.59. The Morgan fingerprint density at radius 3 is 2.62 bits per heavy atom. The number of amides is 2. The number of benzene rings is 2. The van der Waals surface area contributed by atoms with Gasteiger partial charge in [0.1, 0.15) is 11.5 Å². The molecular weight excluding hydrogens is 330 g/mol. The van der Waals surface area contributed by atoms with E-state index >= 15 is 0 Å². The summed E-state index contributed by atoms with van der Waals surface area (Å²) in [4.78, 5) is 24.8. The molecule has 0 saturated carbocycles. The van der Waals surface area contributed by atoms with E-state index in [1.807, 2.05) is 43.3 Å². The Morgan fingerprint density at radius 1 is 1.12 bits per heavy atom. The van der Waals surface area contributed by atoms with E-state index in [4.69, 9.17) is 4.74 Å². The average Bonchev–Trinajstić information content (AvgIpc) is 2.68. The quantitative estimate of drug-likeness (QED) is 0.864. The molecule has 0 spiro atoms. The summed E-state index contributed by atoms with van der Waals surface area (Å²) in [6.07, 6.45) is 1.43. The Hall–Kier alpha value is -3.15. The van der Waals surface area contributed by atoms with Crippen LogP contribution in [0.5, 0.6) is 5.75 Å². The molecule has 26 heavy (non-hydrogen) atoms. The molecule has 0 aromatic heterocycles. The van der Waals surface area contributed by atoms with Crippen molar-refractivity contribution in [1.29, 1.82) is 0 Å². The monoisotopic (exact) mass is 351 g/mol. The zero-order valence-corrected chi connectivity index (χ0v) is 14.6. The van der Waals surface area contributed by atoms with Crippen molar-refractivity contribution in [3.63, 3.8) is 0 Å². The van der Waals surface area contributed by atoms with Crippen LogP contribution in [0.1, 0.15) is 26.2 Å². The number of ether oxygens (including phenoxy) is 1. The minimum absolute atomic E-state index is 0.126. The van der Waals surface area contributed by atoms with Crippen LogP contribution in [-0.2, 0) is 9.59 Å². The van der Waals surface area contributed by atoms with E-state index in [-0.39, 0.29) is 18.2 Å². The Morgan fingerprint density at radius 2 is 1.85 bits per heavy atom. The van der Waals surface area contributed by atoms with Gasteiger partial charge in [-0.1, -0.05) is 37.3 Å². The summed E-state index contributed by atoms with van der Waals surface area (Å²) in [5.41, 5.74) is 1.56. The molecule has 3 rings (SSSR count). The molecule has 0 radical (unpaired) electrons. The molecule has 2 aromatic rings. The number of para-hydroxylation sites is 3. The van der Waals surface area contributed by atoms with Crippen LogP contribution in [0.2, 0.25) is 0 Å². The zero-order valence-electron chi connectivity index (χ0n) is 14.6. The third kappa shape index (κ3) is 4.08. The SMILES string of the molecule is CCCOc1ccccc1NC(=O)C1=NN(c2ccccc2)C(=O)CC1. The van der Waals surface area contributed by atoms with Gasteiger partial charge in [0.15, 0.2) is 0 Å². The average molecular weight is 351 g/mol. The van der Waals surface area contributed by atoms with Crippen molar-refractivity contribution in [2.45, 2.75) is 26.2 Å². The first-order valence-electron chi connectivity index (χ1n) is 8.67. The standard InChI is InChI=1S/C20H21N3O3/c1-2-14-26-18-11-7-6-10-16(18)21-20(25)17-12-13-19(24)23(22-17)15-8-4-3-5-9-15/h3-11H,2,12-14H2,1H3,(H,21,25). The molecule has 1 aliphatic rings. The van der Waals surface area contributed by atoms with Crippen LogP contribution in [0.3, 0.4) is 0 Å². The number of hydrogen-bond acceptors (Lipinski definition) is 4. The summed E-state index contributed by atoms with van der Waals surface area (Å²) in [5.74, 6) is 0.167. The molecule has 0 bridgehead atoms. The molecule has 6 nitrogen and oxygen atoms in total. The van der Waals surface area contributed by atoms with E-state index in [9.17, 15) is 9.59 Å². The summed E-state index contributed by atoms with van der Waals surface area (Å²) in [6.45, 7) is 2.59. The predicted molar refractivity (Wildman–Crippen MR) is 101 cm³/mol. The van der Waals surface area contributed by atoms with E-state index in [2.05, 4.69) is 10.4 Å². The maximum atomic E-state index is 12.6. The molecule has 1 aliphatic heterocycles. The van der Waals surface area contributed by atoms with Crippen LogP contribution in [-0.4, -0.2) is 24.1 Å². The van der Waals surface area contributed by atoms with Crippen LogP contribution in [0, 0.1) is 0 Å². The van der Waals surface area contributed by atoms with E-state index in [1.54, 1.807) is 18.2 Å². The van der Waals surface area contributed by atoms with Crippen molar-refractivity contribution in [3.05, 3.63) is 54.6 Å². The van der Waals surface area contributed by atoms with Crippen molar-refractivity contribution < 1.29 is 14.3 Å². The van der Waals surface area contributed by atoms with Crippen LogP contribution < -0.4 is 15.1 Å². The summed E-state index contributed by atoms with van der Waals surface area (Å²) in [5, 5.41) is 8.40. The topological polar surface area (TPSA) is 71.0 Å². The highest BCUT2D eigenvalue weighted by molar-refractivity contribution is 6.44. The maximum Gasteiger partial charge on any atom is 0.271 e. The molecule has 1 N–H and O–H groups in total. The van der Waals surface area contributed by atoms with Gasteiger partial charge < -0.3 is 10.1 Å². The summed E-state index contributed by atoms with van der Waals surface area (Å²) >= 11 is 0. The van der Waals surface area contributed by atoms with Crippen LogP contribution in [0.15, 0.2) is 59.7 Å². The number of hydrogen-bond donors (Lipinski definition) is 1. The van der Waals surface area contributed by atoms with Gasteiger partial charge in [-0.05, 0) is 30.7 Å². The second kappa shape index (κ2) is 8.29. The molecule has 6 heteroatoms. The predicted octanol–water partition coefficient (Wildman–Crippen LogP) is 3.60. The van der Waals surface area contributed by atoms with E-state index in [0.29, 0.717) is 35.9 Å². The molecule has 1 heterocycles. The first-order valence-corrected chi connectivity index (χ1v) is 8.67. The van der Waals surface area contributed by atoms with Gasteiger partial charge in [0, 0.05) is 12.8 Å². The highest BCUT2D eigenvalue weighted by Gasteiger charge is 2.25. The summed E-state index contributed by atoms with van der Waals surface area (Å²) in [7, 11) is 0. The van der Waals surface area contributed by atoms with Gasteiger partial charge in [0.05, 0.1) is 18.0 Å². The summed E-state index contributed by atoms with van der Waals surface area (Å²) < 4.78 is 5.66. The molecule has 0 fully saturated rings. The van der Waals surface area contributed by atoms with Gasteiger partial charge in [0.25, 0.3) is 5.91 Å². The van der Waals surface area contributed by atoms with Crippen molar-refractivity contribution in [3.8, 4) is 5.75 Å². The lowest BCUT2D eigenvalue weighted by Gasteiger charge is -2.23. The second-order valence-corrected chi connectivity index (χ2v) is 5.89. The lowest BCUT2D eigenvalue weighted by Crippen LogP contribution is -2.36. The molecule has 134 valence electrons. The third-order valence-electron chi connectivity index (χ3n) is 3.89. The Kier molecular flexibility index (Phi) is 5.63. The van der Waals surface area contributed by atoms with Crippen molar-refractivity contribution in [1.82, 2.24) is 0 Å². The van der Waals surface area contributed by atoms with Gasteiger partial charge in [-0.3, -0.25) is 9.59 Å². The maximum absolute atomic E-state index is 12.6. The van der Waals surface area contributed by atoms with Crippen molar-refractivity contribution in [2.24, 2.45) is 5.10 Å². The summed E-state index contributed by atoms with van der Waals surface area (Å²) in [6, 6.07) is 16.4. The highest BCUT2D eigenvalue weighted by Crippen LogP contribution is 2.25. The largest absolute Gasteiger partial charge is 0.491 e. The second-order valence-electron chi connectivity index (χ2n) is 5.89. The van der Waals surface area contributed by atoms with Gasteiger partial charge in [-0.15, -0.1) is 0 Å². The normalized spacial score (nSPS) is 14.0. The molecular formula is C20H21N3O3. The number of rotatable bonds is 6. The molecule has 0 aliphatic carbocycles. The Bertz CT molecular complexity index is 818. The van der Waals surface area contributed by atoms with E-state index in [1.165, 1.54) is 5.01 Å². The fourth-order valence-corrected chi connectivity index (χ4v) is 2.59.